The number of anilines is 1. The molecule has 0 atom stereocenters. The fourth-order valence-electron chi connectivity index (χ4n) is 2.06. The van der Waals surface area contributed by atoms with E-state index >= 15 is 0 Å². The molecule has 1 amide bonds. The van der Waals surface area contributed by atoms with E-state index in [0.717, 1.165) is 17.0 Å². The highest BCUT2D eigenvalue weighted by atomic mass is 32.1. The molecule has 0 radical (unpaired) electrons. The second-order valence-electron chi connectivity index (χ2n) is 4.82. The van der Waals surface area contributed by atoms with Crippen molar-refractivity contribution >= 4 is 22.6 Å². The smallest absolute Gasteiger partial charge is 0.418 e. The summed E-state index contributed by atoms with van der Waals surface area (Å²) in [6.45, 7) is 2.58. The van der Waals surface area contributed by atoms with Gasteiger partial charge in [-0.15, -0.1) is 11.3 Å². The van der Waals surface area contributed by atoms with Gasteiger partial charge >= 0.3 is 6.09 Å². The number of rotatable bonds is 5. The highest BCUT2D eigenvalue weighted by Crippen LogP contribution is 2.26. The number of thiazole rings is 1. The Labute approximate surface area is 143 Å². The highest BCUT2D eigenvalue weighted by Gasteiger charge is 2.09. The first kappa shape index (κ1) is 16.0. The van der Waals surface area contributed by atoms with Crippen molar-refractivity contribution in [3.63, 3.8) is 0 Å². The third kappa shape index (κ3) is 4.11. The molecule has 0 aliphatic carbocycles. The normalized spacial score (nSPS) is 10.2. The van der Waals surface area contributed by atoms with Crippen molar-refractivity contribution in [2.75, 3.05) is 11.9 Å². The average Bonchev–Trinajstić information content (AvgIpc) is 3.05. The van der Waals surface area contributed by atoms with E-state index in [1.807, 2.05) is 42.6 Å². The van der Waals surface area contributed by atoms with Gasteiger partial charge in [-0.3, -0.25) is 5.32 Å². The number of nitrogens with one attached hydrogen (secondary N) is 1. The molecule has 0 unspecified atom stereocenters. The Balaban J connectivity index is 1.63. The molecule has 5 nitrogen and oxygen atoms in total. The zero-order valence-electron chi connectivity index (χ0n) is 13.1. The van der Waals surface area contributed by atoms with Crippen molar-refractivity contribution in [3.05, 3.63) is 60.0 Å². The summed E-state index contributed by atoms with van der Waals surface area (Å²) in [5.41, 5.74) is 1.75. The average molecular weight is 340 g/mol. The number of nitrogens with zero attached hydrogens (tertiary/aromatic N) is 1. The van der Waals surface area contributed by atoms with Crippen LogP contribution in [0, 0.1) is 0 Å². The summed E-state index contributed by atoms with van der Waals surface area (Å²) in [5.74, 6) is 1.31. The molecule has 0 spiro atoms. The van der Waals surface area contributed by atoms with E-state index in [1.165, 1.54) is 11.3 Å². The van der Waals surface area contributed by atoms with Crippen molar-refractivity contribution in [1.82, 2.24) is 4.98 Å². The van der Waals surface area contributed by atoms with Crippen LogP contribution in [0.4, 0.5) is 9.93 Å². The third-order valence-corrected chi connectivity index (χ3v) is 3.89. The van der Waals surface area contributed by atoms with Crippen LogP contribution >= 0.6 is 11.3 Å². The molecule has 0 fully saturated rings. The Morgan fingerprint density at radius 3 is 2.54 bits per heavy atom. The summed E-state index contributed by atoms with van der Waals surface area (Å²) in [6.07, 6.45) is -0.561. The Hall–Kier alpha value is -2.86. The first-order valence-electron chi connectivity index (χ1n) is 7.47. The molecule has 6 heteroatoms. The predicted octanol–water partition coefficient (Wildman–Crippen LogP) is 4.82. The van der Waals surface area contributed by atoms with Crippen molar-refractivity contribution in [1.29, 1.82) is 0 Å². The summed E-state index contributed by atoms with van der Waals surface area (Å²) < 4.78 is 10.6. The van der Waals surface area contributed by atoms with Crippen LogP contribution in [0.1, 0.15) is 6.92 Å². The fourth-order valence-corrected chi connectivity index (χ4v) is 2.77. The first-order valence-corrected chi connectivity index (χ1v) is 8.35. The van der Waals surface area contributed by atoms with E-state index < -0.39 is 6.09 Å². The maximum Gasteiger partial charge on any atom is 0.418 e. The van der Waals surface area contributed by atoms with Crippen molar-refractivity contribution in [2.45, 2.75) is 6.92 Å². The molecule has 24 heavy (non-hydrogen) atoms. The maximum absolute atomic E-state index is 11.9. The van der Waals surface area contributed by atoms with Crippen molar-refractivity contribution < 1.29 is 14.3 Å². The zero-order valence-corrected chi connectivity index (χ0v) is 13.9. The monoisotopic (exact) mass is 340 g/mol. The Bertz CT molecular complexity index is 801. The van der Waals surface area contributed by atoms with Crippen LogP contribution in [0.25, 0.3) is 11.3 Å². The van der Waals surface area contributed by atoms with Gasteiger partial charge in [-0.25, -0.2) is 9.78 Å². The minimum absolute atomic E-state index is 0.485. The predicted molar refractivity (Wildman–Crippen MR) is 94.8 cm³/mol. The Morgan fingerprint density at radius 2 is 1.83 bits per heavy atom. The lowest BCUT2D eigenvalue weighted by Gasteiger charge is -2.04. The topological polar surface area (TPSA) is 60.5 Å². The lowest BCUT2D eigenvalue weighted by Crippen LogP contribution is -2.16. The van der Waals surface area contributed by atoms with Crippen LogP contribution in [-0.2, 0) is 0 Å². The standard InChI is InChI=1S/C18H16N2O3S/c1-2-22-14-10-8-13(9-11-14)16-12-24-17(19-16)20-18(21)23-15-6-4-3-5-7-15/h3-12H,2H2,1H3,(H,19,20,21). The molecule has 1 aromatic heterocycles. The van der Waals surface area contributed by atoms with Crippen LogP contribution in [0.5, 0.6) is 11.5 Å². The van der Waals surface area contributed by atoms with Gasteiger partial charge in [-0.05, 0) is 43.3 Å². The lowest BCUT2D eigenvalue weighted by molar-refractivity contribution is 0.215. The zero-order chi connectivity index (χ0) is 16.8. The maximum atomic E-state index is 11.9. The minimum atomic E-state index is -0.561. The molecule has 1 N–H and O–H groups in total. The van der Waals surface area contributed by atoms with Gasteiger partial charge in [-0.2, -0.15) is 0 Å². The molecule has 0 saturated heterocycles. The number of carbonyl (C=O) groups is 1. The molecule has 0 saturated carbocycles. The van der Waals surface area contributed by atoms with Gasteiger partial charge in [-0.1, -0.05) is 18.2 Å². The molecule has 0 aliphatic rings. The number of hydrogen-bond donors (Lipinski definition) is 1. The third-order valence-electron chi connectivity index (χ3n) is 3.13. The van der Waals surface area contributed by atoms with Gasteiger partial charge < -0.3 is 9.47 Å². The number of amides is 1. The van der Waals surface area contributed by atoms with E-state index in [0.29, 0.717) is 17.5 Å². The largest absolute Gasteiger partial charge is 0.494 e. The van der Waals surface area contributed by atoms with E-state index in [9.17, 15) is 4.79 Å². The summed E-state index contributed by atoms with van der Waals surface area (Å²) >= 11 is 1.34. The summed E-state index contributed by atoms with van der Waals surface area (Å²) in [6, 6.07) is 16.6. The number of hydrogen-bond acceptors (Lipinski definition) is 5. The molecule has 1 heterocycles. The quantitative estimate of drug-likeness (QED) is 0.723. The van der Waals surface area contributed by atoms with Gasteiger partial charge in [0.25, 0.3) is 0 Å². The second-order valence-corrected chi connectivity index (χ2v) is 5.68. The van der Waals surface area contributed by atoms with E-state index in [2.05, 4.69) is 10.3 Å². The number of aromatic nitrogens is 1. The summed E-state index contributed by atoms with van der Waals surface area (Å²) in [7, 11) is 0. The Kier molecular flexibility index (Phi) is 5.08. The molecule has 0 aliphatic heterocycles. The lowest BCUT2D eigenvalue weighted by atomic mass is 10.2. The van der Waals surface area contributed by atoms with Crippen LogP contribution in [0.2, 0.25) is 0 Å². The Morgan fingerprint density at radius 1 is 1.08 bits per heavy atom. The molecular formula is C18H16N2O3S. The van der Waals surface area contributed by atoms with E-state index in [-0.39, 0.29) is 0 Å². The molecule has 3 rings (SSSR count). The number of ether oxygens (including phenoxy) is 2. The van der Waals surface area contributed by atoms with Gasteiger partial charge in [0, 0.05) is 10.9 Å². The van der Waals surface area contributed by atoms with Crippen LogP contribution in [-0.4, -0.2) is 17.7 Å². The SMILES string of the molecule is CCOc1ccc(-c2csc(NC(=O)Oc3ccccc3)n2)cc1. The highest BCUT2D eigenvalue weighted by molar-refractivity contribution is 7.14. The number of benzene rings is 2. The van der Waals surface area contributed by atoms with Crippen molar-refractivity contribution in [2.24, 2.45) is 0 Å². The second kappa shape index (κ2) is 7.61. The van der Waals surface area contributed by atoms with Gasteiger partial charge in [0.05, 0.1) is 12.3 Å². The van der Waals surface area contributed by atoms with Crippen molar-refractivity contribution in [3.8, 4) is 22.8 Å². The number of carbonyl (C=O) groups excluding carboxylic acids is 1. The molecule has 3 aromatic rings. The summed E-state index contributed by atoms with van der Waals surface area (Å²) in [4.78, 5) is 16.3. The van der Waals surface area contributed by atoms with E-state index in [4.69, 9.17) is 9.47 Å². The van der Waals surface area contributed by atoms with E-state index in [1.54, 1.807) is 24.3 Å². The van der Waals surface area contributed by atoms with Gasteiger partial charge in [0.2, 0.25) is 0 Å². The molecule has 122 valence electrons. The number of para-hydroxylation sites is 1. The van der Waals surface area contributed by atoms with Crippen LogP contribution in [0.15, 0.2) is 60.0 Å². The van der Waals surface area contributed by atoms with Crippen LogP contribution < -0.4 is 14.8 Å². The minimum Gasteiger partial charge on any atom is -0.494 e. The van der Waals surface area contributed by atoms with Gasteiger partial charge in [0.15, 0.2) is 5.13 Å². The first-order chi connectivity index (χ1) is 11.7. The molecule has 2 aromatic carbocycles. The summed E-state index contributed by atoms with van der Waals surface area (Å²) in [5, 5.41) is 5.00. The van der Waals surface area contributed by atoms with Gasteiger partial charge in [0.1, 0.15) is 11.5 Å². The van der Waals surface area contributed by atoms with Crippen LogP contribution in [0.3, 0.4) is 0 Å². The fraction of sp³-hybridized carbons (Fsp3) is 0.111. The molecular weight excluding hydrogens is 324 g/mol. The molecule has 0 bridgehead atoms.